The first kappa shape index (κ1) is 17.7. The van der Waals surface area contributed by atoms with Gasteiger partial charge in [-0.1, -0.05) is 29.0 Å². The number of aliphatic hydroxyl groups is 1. The summed E-state index contributed by atoms with van der Waals surface area (Å²) in [6, 6.07) is 6.87. The van der Waals surface area contributed by atoms with Crippen LogP contribution in [0.3, 0.4) is 0 Å². The Morgan fingerprint density at radius 2 is 2.16 bits per heavy atom. The average molecular weight is 383 g/mol. The molecule has 0 saturated carbocycles. The van der Waals surface area contributed by atoms with Gasteiger partial charge in [-0.2, -0.15) is 0 Å². The van der Waals surface area contributed by atoms with Crippen LogP contribution in [0.4, 0.5) is 5.00 Å². The number of fused-ring (bicyclic) bond motifs is 1. The highest BCUT2D eigenvalue weighted by Crippen LogP contribution is 2.47. The second-order valence-corrected chi connectivity index (χ2v) is 7.68. The molecule has 1 aliphatic heterocycles. The van der Waals surface area contributed by atoms with Crippen LogP contribution >= 0.6 is 22.9 Å². The summed E-state index contributed by atoms with van der Waals surface area (Å²) in [5, 5.41) is 24.7. The predicted molar refractivity (Wildman–Crippen MR) is 93.3 cm³/mol. The van der Waals surface area contributed by atoms with Crippen molar-refractivity contribution >= 4 is 33.8 Å². The van der Waals surface area contributed by atoms with Crippen molar-refractivity contribution in [2.45, 2.75) is 31.6 Å². The summed E-state index contributed by atoms with van der Waals surface area (Å²) in [6.07, 6.45) is -1.08. The Kier molecular flexibility index (Phi) is 4.44. The summed E-state index contributed by atoms with van der Waals surface area (Å²) in [5.41, 5.74) is -0.689. The molecule has 1 aromatic carbocycles. The van der Waals surface area contributed by atoms with Gasteiger partial charge in [0, 0.05) is 10.6 Å². The number of nitrogens with one attached hydrogen (secondary N) is 1. The highest BCUT2D eigenvalue weighted by Gasteiger charge is 2.46. The van der Waals surface area contributed by atoms with Gasteiger partial charge in [0.05, 0.1) is 21.9 Å². The van der Waals surface area contributed by atoms with Gasteiger partial charge in [0.2, 0.25) is 0 Å². The van der Waals surface area contributed by atoms with Crippen LogP contribution < -0.4 is 10.1 Å². The molecule has 3 rings (SSSR count). The molecule has 25 heavy (non-hydrogen) atoms. The lowest BCUT2D eigenvalue weighted by atomic mass is 9.90. The van der Waals surface area contributed by atoms with Gasteiger partial charge in [0.1, 0.15) is 17.5 Å². The largest absolute Gasteiger partial charge is 0.484 e. The molecular weight excluding hydrogens is 368 g/mol. The van der Waals surface area contributed by atoms with Crippen molar-refractivity contribution in [1.29, 1.82) is 0 Å². The number of rotatable bonds is 3. The normalized spacial score (nSPS) is 21.1. The van der Waals surface area contributed by atoms with Gasteiger partial charge in [-0.15, -0.1) is 0 Å². The van der Waals surface area contributed by atoms with Crippen molar-refractivity contribution in [3.63, 3.8) is 0 Å². The van der Waals surface area contributed by atoms with Crippen LogP contribution in [0, 0.1) is 10.1 Å². The molecule has 2 atom stereocenters. The SMILES string of the molecule is CC1(C)Oc2cc([N+](=O)[O-])sc2[C@H](NC(=O)c2cccc(Cl)c2)[C@H]1O. The molecule has 9 heteroatoms. The van der Waals surface area contributed by atoms with Crippen LogP contribution in [0.25, 0.3) is 0 Å². The van der Waals surface area contributed by atoms with Gasteiger partial charge in [-0.25, -0.2) is 0 Å². The van der Waals surface area contributed by atoms with Gasteiger partial charge in [0.15, 0.2) is 0 Å². The number of ether oxygens (including phenoxy) is 1. The monoisotopic (exact) mass is 382 g/mol. The van der Waals surface area contributed by atoms with Crippen molar-refractivity contribution in [1.82, 2.24) is 5.32 Å². The lowest BCUT2D eigenvalue weighted by Crippen LogP contribution is -2.53. The summed E-state index contributed by atoms with van der Waals surface area (Å²) >= 11 is 6.77. The molecule has 0 saturated heterocycles. The van der Waals surface area contributed by atoms with E-state index in [0.717, 1.165) is 11.3 Å². The maximum atomic E-state index is 12.5. The maximum Gasteiger partial charge on any atom is 0.328 e. The van der Waals surface area contributed by atoms with Crippen LogP contribution in [0.5, 0.6) is 5.75 Å². The highest BCUT2D eigenvalue weighted by atomic mass is 35.5. The fraction of sp³-hybridized carbons (Fsp3) is 0.312. The third kappa shape index (κ3) is 3.33. The second-order valence-electron chi connectivity index (χ2n) is 6.18. The van der Waals surface area contributed by atoms with Gasteiger partial charge >= 0.3 is 5.00 Å². The van der Waals surface area contributed by atoms with E-state index in [-0.39, 0.29) is 5.00 Å². The van der Waals surface area contributed by atoms with Crippen LogP contribution in [-0.2, 0) is 0 Å². The second kappa shape index (κ2) is 6.29. The van der Waals surface area contributed by atoms with Gasteiger partial charge < -0.3 is 15.2 Å². The van der Waals surface area contributed by atoms with Crippen molar-refractivity contribution in [2.24, 2.45) is 0 Å². The minimum Gasteiger partial charge on any atom is -0.484 e. The molecule has 7 nitrogen and oxygen atoms in total. The highest BCUT2D eigenvalue weighted by molar-refractivity contribution is 7.15. The summed E-state index contributed by atoms with van der Waals surface area (Å²) < 4.78 is 5.68. The lowest BCUT2D eigenvalue weighted by molar-refractivity contribution is -0.380. The van der Waals surface area contributed by atoms with E-state index < -0.39 is 28.6 Å². The first-order chi connectivity index (χ1) is 11.7. The number of hydrogen-bond acceptors (Lipinski definition) is 6. The Balaban J connectivity index is 1.96. The third-order valence-corrected chi connectivity index (χ3v) is 5.33. The number of carbonyl (C=O) groups is 1. The third-order valence-electron chi connectivity index (χ3n) is 3.95. The van der Waals surface area contributed by atoms with Gasteiger partial charge in [-0.05, 0) is 32.0 Å². The number of aliphatic hydroxyl groups excluding tert-OH is 1. The fourth-order valence-corrected chi connectivity index (χ4v) is 3.82. The van der Waals surface area contributed by atoms with E-state index in [1.165, 1.54) is 12.1 Å². The zero-order chi connectivity index (χ0) is 18.4. The molecule has 2 aromatic rings. The van der Waals surface area contributed by atoms with Crippen molar-refractivity contribution in [3.8, 4) is 5.75 Å². The summed E-state index contributed by atoms with van der Waals surface area (Å²) in [5.74, 6) is -0.144. The molecule has 0 fully saturated rings. The summed E-state index contributed by atoms with van der Waals surface area (Å²) in [7, 11) is 0. The standard InChI is InChI=1S/C16H15ClN2O5S/c1-16(2)14(20)12(13-10(24-16)7-11(25-13)19(22)23)18-15(21)8-4-3-5-9(17)6-8/h3-7,12,14,20H,1-2H3,(H,18,21)/t12-,14+/m0/s1. The minimum absolute atomic E-state index is 0.114. The van der Waals surface area contributed by atoms with E-state index in [4.69, 9.17) is 16.3 Å². The van der Waals surface area contributed by atoms with Crippen molar-refractivity contribution in [3.05, 3.63) is 55.9 Å². The summed E-state index contributed by atoms with van der Waals surface area (Å²) in [6.45, 7) is 3.31. The first-order valence-electron chi connectivity index (χ1n) is 7.40. The van der Waals surface area contributed by atoms with Gasteiger partial charge in [0.25, 0.3) is 5.91 Å². The number of benzene rings is 1. The fourth-order valence-electron chi connectivity index (χ4n) is 2.65. The maximum absolute atomic E-state index is 12.5. The average Bonchev–Trinajstić information content (AvgIpc) is 2.94. The molecule has 2 N–H and O–H groups in total. The Morgan fingerprint density at radius 1 is 1.44 bits per heavy atom. The molecule has 1 aliphatic rings. The lowest BCUT2D eigenvalue weighted by Gasteiger charge is -2.40. The Labute approximate surface area is 152 Å². The Bertz CT molecular complexity index is 851. The number of nitro groups is 1. The number of amides is 1. The Hall–Kier alpha value is -2.16. The molecule has 0 unspecified atom stereocenters. The first-order valence-corrected chi connectivity index (χ1v) is 8.60. The molecule has 2 heterocycles. The van der Waals surface area contributed by atoms with E-state index in [9.17, 15) is 20.0 Å². The molecular formula is C16H15ClN2O5S. The van der Waals surface area contributed by atoms with E-state index in [1.807, 2.05) is 0 Å². The quantitative estimate of drug-likeness (QED) is 0.626. The number of carbonyl (C=O) groups excluding carboxylic acids is 1. The number of hydrogen-bond donors (Lipinski definition) is 2. The minimum atomic E-state index is -1.08. The molecule has 1 aromatic heterocycles. The van der Waals surface area contributed by atoms with Crippen molar-refractivity contribution in [2.75, 3.05) is 0 Å². The van der Waals surface area contributed by atoms with Gasteiger partial charge in [-0.3, -0.25) is 14.9 Å². The van der Waals surface area contributed by atoms with Crippen LogP contribution in [-0.4, -0.2) is 27.6 Å². The van der Waals surface area contributed by atoms with Crippen LogP contribution in [0.1, 0.15) is 35.1 Å². The number of thiophene rings is 1. The summed E-state index contributed by atoms with van der Waals surface area (Å²) in [4.78, 5) is 23.5. The molecule has 0 radical (unpaired) electrons. The predicted octanol–water partition coefficient (Wildman–Crippen LogP) is 3.31. The zero-order valence-electron chi connectivity index (χ0n) is 13.4. The zero-order valence-corrected chi connectivity index (χ0v) is 14.9. The van der Waals surface area contributed by atoms with Crippen molar-refractivity contribution < 1.29 is 19.6 Å². The molecule has 0 spiro atoms. The van der Waals surface area contributed by atoms with E-state index in [0.29, 0.717) is 21.2 Å². The molecule has 1 amide bonds. The van der Waals surface area contributed by atoms with Crippen LogP contribution in [0.2, 0.25) is 5.02 Å². The molecule has 0 aliphatic carbocycles. The van der Waals surface area contributed by atoms with E-state index in [2.05, 4.69) is 5.32 Å². The number of nitrogens with zero attached hydrogens (tertiary/aromatic N) is 1. The Morgan fingerprint density at radius 3 is 2.80 bits per heavy atom. The smallest absolute Gasteiger partial charge is 0.328 e. The topological polar surface area (TPSA) is 102 Å². The van der Waals surface area contributed by atoms with Crippen LogP contribution in [0.15, 0.2) is 30.3 Å². The van der Waals surface area contributed by atoms with E-state index >= 15 is 0 Å². The van der Waals surface area contributed by atoms with E-state index in [1.54, 1.807) is 32.0 Å². The molecule has 0 bridgehead atoms. The number of halogens is 1. The molecule has 132 valence electrons.